The van der Waals surface area contributed by atoms with Crippen molar-refractivity contribution in [2.45, 2.75) is 65.7 Å². The molecule has 0 saturated heterocycles. The second kappa shape index (κ2) is 13.1. The summed E-state index contributed by atoms with van der Waals surface area (Å²) in [6.07, 6.45) is 8.65. The van der Waals surface area contributed by atoms with Gasteiger partial charge in [0.25, 0.3) is 0 Å². The van der Waals surface area contributed by atoms with E-state index in [0.29, 0.717) is 25.2 Å². The third-order valence-corrected chi connectivity index (χ3v) is 4.92. The summed E-state index contributed by atoms with van der Waals surface area (Å²) in [5, 5.41) is 0. The maximum Gasteiger partial charge on any atom is 0.123 e. The quantitative estimate of drug-likeness (QED) is 0.431. The van der Waals surface area contributed by atoms with E-state index >= 15 is 0 Å². The minimum atomic E-state index is -0.0418. The first-order chi connectivity index (χ1) is 11.0. The summed E-state index contributed by atoms with van der Waals surface area (Å²) in [4.78, 5) is 43.6. The Kier molecular flexibility index (Phi) is 12.4. The highest BCUT2D eigenvalue weighted by atomic mass is 16.1. The maximum atomic E-state index is 11.4. The van der Waals surface area contributed by atoms with Gasteiger partial charge in [0.2, 0.25) is 0 Å². The number of hydrogen-bond acceptors (Lipinski definition) is 4. The Morgan fingerprint density at radius 3 is 1.78 bits per heavy atom. The molecule has 0 bridgehead atoms. The van der Waals surface area contributed by atoms with Crippen molar-refractivity contribution < 1.29 is 19.2 Å². The molecule has 0 aliphatic rings. The van der Waals surface area contributed by atoms with E-state index in [1.54, 1.807) is 0 Å². The van der Waals surface area contributed by atoms with E-state index in [2.05, 4.69) is 6.92 Å². The average molecular weight is 324 g/mol. The molecule has 0 aromatic heterocycles. The molecule has 0 aromatic rings. The largest absolute Gasteiger partial charge is 0.303 e. The predicted molar refractivity (Wildman–Crippen MR) is 91.0 cm³/mol. The summed E-state index contributed by atoms with van der Waals surface area (Å²) in [5.74, 6) is 0.761. The van der Waals surface area contributed by atoms with Crippen molar-refractivity contribution in [1.29, 1.82) is 0 Å². The second-order valence-corrected chi connectivity index (χ2v) is 6.99. The SMILES string of the molecule is CC(C)C(C=O)CCC(C)C(C=O)CCC(CC=O)CCC=O. The van der Waals surface area contributed by atoms with Crippen LogP contribution in [0.25, 0.3) is 0 Å². The Hall–Kier alpha value is -1.32. The second-order valence-electron chi connectivity index (χ2n) is 6.99. The van der Waals surface area contributed by atoms with Gasteiger partial charge in [-0.3, -0.25) is 0 Å². The number of carbonyl (C=O) groups excluding carboxylic acids is 4. The van der Waals surface area contributed by atoms with E-state index in [1.807, 2.05) is 13.8 Å². The Balaban J connectivity index is 4.38. The van der Waals surface area contributed by atoms with E-state index in [4.69, 9.17) is 0 Å². The summed E-state index contributed by atoms with van der Waals surface area (Å²) < 4.78 is 0. The Bertz CT molecular complexity index is 351. The zero-order valence-electron chi connectivity index (χ0n) is 14.8. The lowest BCUT2D eigenvalue weighted by atomic mass is 9.81. The molecule has 0 aliphatic heterocycles. The topological polar surface area (TPSA) is 68.3 Å². The molecule has 132 valence electrons. The molecule has 4 nitrogen and oxygen atoms in total. The fraction of sp³-hybridized carbons (Fsp3) is 0.789. The standard InChI is InChI=1S/C19H32O4/c1-15(2)18(13-22)8-6-16(3)19(14-23)9-7-17(10-12-21)5-4-11-20/h11-19H,4-10H2,1-3H3. The lowest BCUT2D eigenvalue weighted by molar-refractivity contribution is -0.113. The van der Waals surface area contributed by atoms with Crippen LogP contribution >= 0.6 is 0 Å². The highest BCUT2D eigenvalue weighted by Gasteiger charge is 2.21. The summed E-state index contributed by atoms with van der Waals surface area (Å²) in [5.41, 5.74) is 0. The van der Waals surface area contributed by atoms with E-state index in [-0.39, 0.29) is 23.7 Å². The van der Waals surface area contributed by atoms with Crippen LogP contribution in [-0.4, -0.2) is 25.1 Å². The molecule has 4 unspecified atom stereocenters. The highest BCUT2D eigenvalue weighted by molar-refractivity contribution is 5.55. The Morgan fingerprint density at radius 2 is 1.30 bits per heavy atom. The normalized spacial score (nSPS) is 16.3. The minimum absolute atomic E-state index is 0.0418. The minimum Gasteiger partial charge on any atom is -0.303 e. The molecule has 0 radical (unpaired) electrons. The molecule has 0 N–H and O–H groups in total. The lowest BCUT2D eigenvalue weighted by Gasteiger charge is -2.23. The first-order valence-electron chi connectivity index (χ1n) is 8.77. The molecule has 4 heteroatoms. The molecular weight excluding hydrogens is 292 g/mol. The van der Waals surface area contributed by atoms with Gasteiger partial charge in [-0.25, -0.2) is 0 Å². The Labute approximate surface area is 140 Å². The maximum absolute atomic E-state index is 11.4. The number of hydrogen-bond donors (Lipinski definition) is 0. The van der Waals surface area contributed by atoms with E-state index < -0.39 is 0 Å². The van der Waals surface area contributed by atoms with Gasteiger partial charge in [-0.2, -0.15) is 0 Å². The molecule has 0 aromatic carbocycles. The van der Waals surface area contributed by atoms with Crippen LogP contribution in [0.1, 0.15) is 65.7 Å². The number of rotatable bonds is 15. The van der Waals surface area contributed by atoms with Crippen molar-refractivity contribution in [2.75, 3.05) is 0 Å². The van der Waals surface area contributed by atoms with Crippen molar-refractivity contribution in [3.63, 3.8) is 0 Å². The van der Waals surface area contributed by atoms with Gasteiger partial charge in [0.15, 0.2) is 0 Å². The van der Waals surface area contributed by atoms with Gasteiger partial charge in [-0.1, -0.05) is 20.8 Å². The zero-order chi connectivity index (χ0) is 17.7. The summed E-state index contributed by atoms with van der Waals surface area (Å²) in [6, 6.07) is 0. The van der Waals surface area contributed by atoms with Crippen LogP contribution in [0.5, 0.6) is 0 Å². The smallest absolute Gasteiger partial charge is 0.123 e. The summed E-state index contributed by atoms with van der Waals surface area (Å²) in [7, 11) is 0. The van der Waals surface area contributed by atoms with Crippen LogP contribution in [0.15, 0.2) is 0 Å². The van der Waals surface area contributed by atoms with Gasteiger partial charge in [0.1, 0.15) is 25.1 Å². The molecule has 0 aliphatic carbocycles. The molecule has 0 spiro atoms. The first kappa shape index (κ1) is 21.7. The van der Waals surface area contributed by atoms with Crippen LogP contribution in [0.2, 0.25) is 0 Å². The summed E-state index contributed by atoms with van der Waals surface area (Å²) in [6.45, 7) is 6.14. The van der Waals surface area contributed by atoms with Crippen LogP contribution in [0.4, 0.5) is 0 Å². The van der Waals surface area contributed by atoms with Crippen molar-refractivity contribution in [3.8, 4) is 0 Å². The number of aldehydes is 4. The monoisotopic (exact) mass is 324 g/mol. The fourth-order valence-corrected chi connectivity index (χ4v) is 2.96. The van der Waals surface area contributed by atoms with Gasteiger partial charge < -0.3 is 19.2 Å². The van der Waals surface area contributed by atoms with Crippen molar-refractivity contribution in [1.82, 2.24) is 0 Å². The fourth-order valence-electron chi connectivity index (χ4n) is 2.96. The summed E-state index contributed by atoms with van der Waals surface area (Å²) >= 11 is 0. The molecule has 0 heterocycles. The lowest BCUT2D eigenvalue weighted by Crippen LogP contribution is -2.18. The first-order valence-corrected chi connectivity index (χ1v) is 8.77. The van der Waals surface area contributed by atoms with Gasteiger partial charge >= 0.3 is 0 Å². The average Bonchev–Trinajstić information content (AvgIpc) is 2.53. The van der Waals surface area contributed by atoms with E-state index in [9.17, 15) is 19.2 Å². The van der Waals surface area contributed by atoms with Crippen LogP contribution < -0.4 is 0 Å². The van der Waals surface area contributed by atoms with Crippen LogP contribution in [-0.2, 0) is 19.2 Å². The zero-order valence-corrected chi connectivity index (χ0v) is 14.8. The van der Waals surface area contributed by atoms with Crippen molar-refractivity contribution in [2.24, 2.45) is 29.6 Å². The molecule has 23 heavy (non-hydrogen) atoms. The third kappa shape index (κ3) is 9.42. The molecule has 0 saturated carbocycles. The third-order valence-electron chi connectivity index (χ3n) is 4.92. The van der Waals surface area contributed by atoms with Gasteiger partial charge in [0, 0.05) is 24.7 Å². The molecule has 0 rings (SSSR count). The van der Waals surface area contributed by atoms with Gasteiger partial charge in [0.05, 0.1) is 0 Å². The van der Waals surface area contributed by atoms with Crippen LogP contribution in [0, 0.1) is 29.6 Å². The molecule has 4 atom stereocenters. The number of carbonyl (C=O) groups is 4. The van der Waals surface area contributed by atoms with Crippen molar-refractivity contribution >= 4 is 25.1 Å². The molecular formula is C19H32O4. The van der Waals surface area contributed by atoms with Gasteiger partial charge in [-0.05, 0) is 49.9 Å². The highest BCUT2D eigenvalue weighted by Crippen LogP contribution is 2.27. The van der Waals surface area contributed by atoms with E-state index in [1.165, 1.54) is 0 Å². The van der Waals surface area contributed by atoms with E-state index in [0.717, 1.165) is 50.8 Å². The van der Waals surface area contributed by atoms with Crippen LogP contribution in [0.3, 0.4) is 0 Å². The molecule has 0 fully saturated rings. The predicted octanol–water partition coefficient (Wildman–Crippen LogP) is 3.65. The molecule has 0 amide bonds. The Morgan fingerprint density at radius 1 is 0.696 bits per heavy atom. The van der Waals surface area contributed by atoms with Gasteiger partial charge in [-0.15, -0.1) is 0 Å². The van der Waals surface area contributed by atoms with Crippen molar-refractivity contribution in [3.05, 3.63) is 0 Å².